The number of benzene rings is 2. The zero-order chi connectivity index (χ0) is 20.8. The number of nitrogens with one attached hydrogen (secondary N) is 2. The maximum absolute atomic E-state index is 12.7. The third kappa shape index (κ3) is 4.57. The van der Waals surface area contributed by atoms with E-state index in [2.05, 4.69) is 15.6 Å². The van der Waals surface area contributed by atoms with Gasteiger partial charge in [0.05, 0.1) is 33.2 Å². The number of carbonyl (C=O) groups excluding carboxylic acids is 1. The van der Waals surface area contributed by atoms with E-state index in [0.717, 1.165) is 16.9 Å². The molecule has 0 aliphatic heterocycles. The van der Waals surface area contributed by atoms with Gasteiger partial charge in [0.1, 0.15) is 5.82 Å². The highest BCUT2D eigenvalue weighted by atomic mass is 16.5. The summed E-state index contributed by atoms with van der Waals surface area (Å²) in [5.41, 5.74) is 3.32. The molecule has 7 heteroatoms. The number of nitrogens with zero attached hydrogens (tertiary/aromatic N) is 1. The number of anilines is 3. The SMILES string of the molecule is COc1cc(C(=O)Nc2ccc(Nc3ccccc3C)cn2)cc(OC)c1OC. The molecule has 3 rings (SSSR count). The van der Waals surface area contributed by atoms with Gasteiger partial charge in [-0.2, -0.15) is 0 Å². The molecular formula is C22H23N3O4. The summed E-state index contributed by atoms with van der Waals surface area (Å²) in [5, 5.41) is 6.08. The average molecular weight is 393 g/mol. The lowest BCUT2D eigenvalue weighted by Gasteiger charge is -2.14. The summed E-state index contributed by atoms with van der Waals surface area (Å²) in [4.78, 5) is 17.0. The fourth-order valence-corrected chi connectivity index (χ4v) is 2.81. The fraction of sp³-hybridized carbons (Fsp3) is 0.182. The summed E-state index contributed by atoms with van der Waals surface area (Å²) in [6.07, 6.45) is 1.66. The number of para-hydroxylation sites is 1. The molecule has 0 atom stereocenters. The predicted octanol–water partition coefficient (Wildman–Crippen LogP) is 4.41. The van der Waals surface area contributed by atoms with Crippen LogP contribution < -0.4 is 24.8 Å². The second-order valence-electron chi connectivity index (χ2n) is 6.24. The first-order chi connectivity index (χ1) is 14.0. The summed E-state index contributed by atoms with van der Waals surface area (Å²) in [7, 11) is 4.51. The van der Waals surface area contributed by atoms with Gasteiger partial charge in [0, 0.05) is 11.3 Å². The maximum atomic E-state index is 12.7. The highest BCUT2D eigenvalue weighted by molar-refractivity contribution is 6.04. The number of hydrogen-bond donors (Lipinski definition) is 2. The van der Waals surface area contributed by atoms with Crippen LogP contribution in [0.3, 0.4) is 0 Å². The van der Waals surface area contributed by atoms with E-state index in [1.54, 1.807) is 24.4 Å². The quantitative estimate of drug-likeness (QED) is 0.619. The van der Waals surface area contributed by atoms with Gasteiger partial charge in [-0.15, -0.1) is 0 Å². The molecule has 2 N–H and O–H groups in total. The predicted molar refractivity (Wildman–Crippen MR) is 113 cm³/mol. The van der Waals surface area contributed by atoms with Crippen LogP contribution in [-0.2, 0) is 0 Å². The number of carbonyl (C=O) groups is 1. The molecule has 3 aromatic rings. The van der Waals surface area contributed by atoms with Crippen molar-refractivity contribution in [2.45, 2.75) is 6.92 Å². The van der Waals surface area contributed by atoms with E-state index in [0.29, 0.717) is 28.6 Å². The smallest absolute Gasteiger partial charge is 0.257 e. The highest BCUT2D eigenvalue weighted by Gasteiger charge is 2.17. The number of amides is 1. The molecule has 0 aliphatic carbocycles. The molecule has 0 saturated heterocycles. The molecule has 2 aromatic carbocycles. The summed E-state index contributed by atoms with van der Waals surface area (Å²) in [6, 6.07) is 14.7. The van der Waals surface area contributed by atoms with Gasteiger partial charge in [0.15, 0.2) is 11.5 Å². The number of rotatable bonds is 7. The van der Waals surface area contributed by atoms with Crippen LogP contribution in [0.1, 0.15) is 15.9 Å². The van der Waals surface area contributed by atoms with E-state index in [1.807, 2.05) is 37.3 Å². The molecule has 7 nitrogen and oxygen atoms in total. The topological polar surface area (TPSA) is 81.7 Å². The number of pyridine rings is 1. The fourth-order valence-electron chi connectivity index (χ4n) is 2.81. The summed E-state index contributed by atoms with van der Waals surface area (Å²) in [5.74, 6) is 1.33. The third-order valence-electron chi connectivity index (χ3n) is 4.36. The van der Waals surface area contributed by atoms with Crippen molar-refractivity contribution in [2.75, 3.05) is 32.0 Å². The molecule has 1 aromatic heterocycles. The van der Waals surface area contributed by atoms with Crippen LogP contribution in [0.15, 0.2) is 54.7 Å². The lowest BCUT2D eigenvalue weighted by Crippen LogP contribution is -2.13. The third-order valence-corrected chi connectivity index (χ3v) is 4.36. The van der Waals surface area contributed by atoms with Crippen molar-refractivity contribution >= 4 is 23.1 Å². The Bertz CT molecular complexity index is 978. The normalized spacial score (nSPS) is 10.2. The molecule has 1 amide bonds. The Balaban J connectivity index is 1.75. The Labute approximate surface area is 169 Å². The lowest BCUT2D eigenvalue weighted by molar-refractivity contribution is 0.102. The molecule has 0 saturated carbocycles. The Hall–Kier alpha value is -3.74. The Kier molecular flexibility index (Phi) is 6.19. The van der Waals surface area contributed by atoms with Crippen LogP contribution in [0, 0.1) is 6.92 Å². The van der Waals surface area contributed by atoms with Gasteiger partial charge in [-0.05, 0) is 42.8 Å². The van der Waals surface area contributed by atoms with Crippen molar-refractivity contribution < 1.29 is 19.0 Å². The van der Waals surface area contributed by atoms with Crippen LogP contribution in [0.4, 0.5) is 17.2 Å². The summed E-state index contributed by atoms with van der Waals surface area (Å²) >= 11 is 0. The molecule has 0 bridgehead atoms. The molecule has 0 spiro atoms. The van der Waals surface area contributed by atoms with E-state index >= 15 is 0 Å². The van der Waals surface area contributed by atoms with Crippen LogP contribution in [0.5, 0.6) is 17.2 Å². The first-order valence-electron chi connectivity index (χ1n) is 8.95. The Morgan fingerprint density at radius 2 is 1.62 bits per heavy atom. The maximum Gasteiger partial charge on any atom is 0.257 e. The Morgan fingerprint density at radius 3 is 2.17 bits per heavy atom. The highest BCUT2D eigenvalue weighted by Crippen LogP contribution is 2.38. The lowest BCUT2D eigenvalue weighted by atomic mass is 10.1. The van der Waals surface area contributed by atoms with Gasteiger partial charge in [-0.3, -0.25) is 4.79 Å². The summed E-state index contributed by atoms with van der Waals surface area (Å²) < 4.78 is 15.9. The van der Waals surface area contributed by atoms with Crippen LogP contribution in [0.2, 0.25) is 0 Å². The minimum Gasteiger partial charge on any atom is -0.493 e. The van der Waals surface area contributed by atoms with Gasteiger partial charge < -0.3 is 24.8 Å². The first kappa shape index (κ1) is 20.0. The minimum absolute atomic E-state index is 0.337. The number of hydrogen-bond acceptors (Lipinski definition) is 6. The van der Waals surface area contributed by atoms with E-state index in [1.165, 1.54) is 21.3 Å². The standard InChI is InChI=1S/C22H23N3O4/c1-14-7-5-6-8-17(14)24-16-9-10-20(23-13-16)25-22(26)15-11-18(27-2)21(29-4)19(12-15)28-3/h5-13,24H,1-4H3,(H,23,25,26). The van der Waals surface area contributed by atoms with E-state index < -0.39 is 0 Å². The number of methoxy groups -OCH3 is 3. The van der Waals surface area contributed by atoms with Crippen molar-refractivity contribution in [3.05, 3.63) is 65.9 Å². The van der Waals surface area contributed by atoms with Crippen molar-refractivity contribution in [3.8, 4) is 17.2 Å². The van der Waals surface area contributed by atoms with Crippen molar-refractivity contribution in [1.82, 2.24) is 4.98 Å². The van der Waals surface area contributed by atoms with Crippen molar-refractivity contribution in [3.63, 3.8) is 0 Å². The van der Waals surface area contributed by atoms with Crippen LogP contribution in [0.25, 0.3) is 0 Å². The molecule has 0 fully saturated rings. The van der Waals surface area contributed by atoms with Crippen LogP contribution in [-0.4, -0.2) is 32.2 Å². The van der Waals surface area contributed by atoms with Gasteiger partial charge >= 0.3 is 0 Å². The van der Waals surface area contributed by atoms with Gasteiger partial charge in [-0.1, -0.05) is 18.2 Å². The zero-order valence-electron chi connectivity index (χ0n) is 16.8. The molecular weight excluding hydrogens is 370 g/mol. The monoisotopic (exact) mass is 393 g/mol. The molecule has 0 radical (unpaired) electrons. The van der Waals surface area contributed by atoms with Crippen molar-refractivity contribution in [1.29, 1.82) is 0 Å². The summed E-state index contributed by atoms with van der Waals surface area (Å²) in [6.45, 7) is 2.03. The largest absolute Gasteiger partial charge is 0.493 e. The van der Waals surface area contributed by atoms with Crippen LogP contribution >= 0.6 is 0 Å². The Morgan fingerprint density at radius 1 is 0.931 bits per heavy atom. The molecule has 0 aliphatic rings. The number of ether oxygens (including phenoxy) is 3. The minimum atomic E-state index is -0.337. The van der Waals surface area contributed by atoms with E-state index in [-0.39, 0.29) is 5.91 Å². The average Bonchev–Trinajstić information content (AvgIpc) is 2.75. The number of aromatic nitrogens is 1. The van der Waals surface area contributed by atoms with Gasteiger partial charge in [-0.25, -0.2) is 4.98 Å². The molecule has 29 heavy (non-hydrogen) atoms. The molecule has 1 heterocycles. The molecule has 0 unspecified atom stereocenters. The second-order valence-corrected chi connectivity index (χ2v) is 6.24. The van der Waals surface area contributed by atoms with Gasteiger partial charge in [0.25, 0.3) is 5.91 Å². The first-order valence-corrected chi connectivity index (χ1v) is 8.95. The zero-order valence-corrected chi connectivity index (χ0v) is 16.8. The van der Waals surface area contributed by atoms with E-state index in [9.17, 15) is 4.79 Å². The molecule has 150 valence electrons. The second kappa shape index (κ2) is 8.97. The number of aryl methyl sites for hydroxylation is 1. The van der Waals surface area contributed by atoms with Gasteiger partial charge in [0.2, 0.25) is 5.75 Å². The van der Waals surface area contributed by atoms with Crippen molar-refractivity contribution in [2.24, 2.45) is 0 Å². The van der Waals surface area contributed by atoms with E-state index in [4.69, 9.17) is 14.2 Å².